The molecule has 1 saturated carbocycles. The number of rotatable bonds is 4. The number of thioether (sulfide) groups is 1. The maximum absolute atomic E-state index is 12.1. The van der Waals surface area contributed by atoms with Gasteiger partial charge in [0.25, 0.3) is 5.56 Å². The van der Waals surface area contributed by atoms with E-state index in [2.05, 4.69) is 20.2 Å². The molecule has 0 bridgehead atoms. The van der Waals surface area contributed by atoms with Crippen molar-refractivity contribution >= 4 is 22.7 Å². The van der Waals surface area contributed by atoms with Gasteiger partial charge >= 0.3 is 0 Å². The minimum Gasteiger partial charge on any atom is -0.336 e. The first-order valence-electron chi connectivity index (χ1n) is 8.53. The summed E-state index contributed by atoms with van der Waals surface area (Å²) >= 11 is 1.43. The van der Waals surface area contributed by atoms with Crippen molar-refractivity contribution in [1.29, 1.82) is 0 Å². The number of nitrogens with two attached hydrogens (primary N) is 1. The molecule has 2 heterocycles. The predicted molar refractivity (Wildman–Crippen MR) is 97.9 cm³/mol. The Morgan fingerprint density at radius 1 is 1.20 bits per heavy atom. The van der Waals surface area contributed by atoms with E-state index in [9.17, 15) is 4.79 Å². The summed E-state index contributed by atoms with van der Waals surface area (Å²) in [6.45, 7) is 0. The Morgan fingerprint density at radius 3 is 2.84 bits per heavy atom. The Labute approximate surface area is 149 Å². The molecule has 1 aliphatic rings. The van der Waals surface area contributed by atoms with Gasteiger partial charge in [0, 0.05) is 5.92 Å². The van der Waals surface area contributed by atoms with E-state index in [1.807, 2.05) is 18.2 Å². The second-order valence-electron chi connectivity index (χ2n) is 6.36. The van der Waals surface area contributed by atoms with E-state index >= 15 is 0 Å². The standard InChI is InChI=1S/C17H20N6OS/c18-23-15(11-6-2-1-3-7-11)21-22-17(23)25-10-14-19-13-9-5-4-8-12(13)16(24)20-14/h4-5,8-9,11H,1-3,6-7,10,18H2,(H,19,20,24). The number of fused-ring (bicyclic) bond motifs is 1. The fourth-order valence-corrected chi connectivity index (χ4v) is 4.10. The number of benzene rings is 1. The van der Waals surface area contributed by atoms with Crippen LogP contribution in [-0.4, -0.2) is 24.8 Å². The van der Waals surface area contributed by atoms with Crippen LogP contribution in [0.3, 0.4) is 0 Å². The lowest BCUT2D eigenvalue weighted by atomic mass is 9.89. The summed E-state index contributed by atoms with van der Waals surface area (Å²) in [5, 5.41) is 9.76. The second-order valence-corrected chi connectivity index (χ2v) is 7.31. The molecule has 0 spiro atoms. The van der Waals surface area contributed by atoms with Gasteiger partial charge in [0.2, 0.25) is 5.16 Å². The first-order valence-corrected chi connectivity index (χ1v) is 9.52. The summed E-state index contributed by atoms with van der Waals surface area (Å²) in [5.74, 6) is 8.56. The quantitative estimate of drug-likeness (QED) is 0.550. The van der Waals surface area contributed by atoms with Crippen LogP contribution in [-0.2, 0) is 5.75 Å². The molecule has 0 unspecified atom stereocenters. The van der Waals surface area contributed by atoms with Crippen LogP contribution in [0, 0.1) is 0 Å². The molecule has 3 N–H and O–H groups in total. The lowest BCUT2D eigenvalue weighted by molar-refractivity contribution is 0.421. The van der Waals surface area contributed by atoms with Crippen molar-refractivity contribution in [2.24, 2.45) is 0 Å². The van der Waals surface area contributed by atoms with E-state index in [1.165, 1.54) is 31.0 Å². The molecule has 25 heavy (non-hydrogen) atoms. The maximum Gasteiger partial charge on any atom is 0.258 e. The van der Waals surface area contributed by atoms with E-state index < -0.39 is 0 Å². The first kappa shape index (κ1) is 16.1. The fourth-order valence-electron chi connectivity index (χ4n) is 3.36. The van der Waals surface area contributed by atoms with E-state index in [4.69, 9.17) is 5.84 Å². The molecule has 0 saturated heterocycles. The molecule has 1 fully saturated rings. The lowest BCUT2D eigenvalue weighted by Crippen LogP contribution is -2.18. The van der Waals surface area contributed by atoms with Crippen LogP contribution in [0.1, 0.15) is 49.7 Å². The summed E-state index contributed by atoms with van der Waals surface area (Å²) in [6.07, 6.45) is 5.99. The molecule has 130 valence electrons. The summed E-state index contributed by atoms with van der Waals surface area (Å²) in [7, 11) is 0. The normalized spacial score (nSPS) is 15.7. The smallest absolute Gasteiger partial charge is 0.258 e. The van der Waals surface area contributed by atoms with Crippen molar-refractivity contribution in [2.75, 3.05) is 5.84 Å². The molecular weight excluding hydrogens is 336 g/mol. The molecule has 8 heteroatoms. The highest BCUT2D eigenvalue weighted by molar-refractivity contribution is 7.98. The van der Waals surface area contributed by atoms with Gasteiger partial charge in [-0.1, -0.05) is 43.2 Å². The zero-order valence-corrected chi connectivity index (χ0v) is 14.6. The summed E-state index contributed by atoms with van der Waals surface area (Å²) in [5.41, 5.74) is 0.567. The van der Waals surface area contributed by atoms with Crippen molar-refractivity contribution < 1.29 is 0 Å². The Kier molecular flexibility index (Phi) is 4.44. The molecule has 1 aliphatic carbocycles. The van der Waals surface area contributed by atoms with Crippen molar-refractivity contribution in [3.8, 4) is 0 Å². The SMILES string of the molecule is Nn1c(SCc2nc3ccccc3c(=O)[nH]2)nnc1C1CCCCC1. The molecule has 1 aromatic carbocycles. The lowest BCUT2D eigenvalue weighted by Gasteiger charge is -2.20. The van der Waals surface area contributed by atoms with E-state index in [1.54, 1.807) is 10.7 Å². The van der Waals surface area contributed by atoms with Crippen molar-refractivity contribution in [1.82, 2.24) is 24.8 Å². The molecule has 0 amide bonds. The van der Waals surface area contributed by atoms with Gasteiger partial charge in [0.05, 0.1) is 16.7 Å². The average molecular weight is 356 g/mol. The topological polar surface area (TPSA) is 102 Å². The molecule has 0 aliphatic heterocycles. The molecule has 0 radical (unpaired) electrons. The van der Waals surface area contributed by atoms with Gasteiger partial charge < -0.3 is 10.8 Å². The van der Waals surface area contributed by atoms with Crippen LogP contribution in [0.2, 0.25) is 0 Å². The fraction of sp³-hybridized carbons (Fsp3) is 0.412. The Balaban J connectivity index is 1.52. The van der Waals surface area contributed by atoms with Crippen LogP contribution in [0.5, 0.6) is 0 Å². The number of H-pyrrole nitrogens is 1. The average Bonchev–Trinajstić information content (AvgIpc) is 3.01. The van der Waals surface area contributed by atoms with Crippen molar-refractivity contribution in [2.45, 2.75) is 48.9 Å². The minimum absolute atomic E-state index is 0.127. The Morgan fingerprint density at radius 2 is 2.00 bits per heavy atom. The number of para-hydroxylation sites is 1. The number of nitrogens with one attached hydrogen (secondary N) is 1. The number of aromatic amines is 1. The number of hydrogen-bond acceptors (Lipinski definition) is 6. The van der Waals surface area contributed by atoms with E-state index in [-0.39, 0.29) is 5.56 Å². The molecule has 2 aromatic heterocycles. The third-order valence-electron chi connectivity index (χ3n) is 4.66. The van der Waals surface area contributed by atoms with Crippen LogP contribution < -0.4 is 11.4 Å². The van der Waals surface area contributed by atoms with Gasteiger partial charge in [-0.05, 0) is 25.0 Å². The van der Waals surface area contributed by atoms with E-state index in [0.717, 1.165) is 18.7 Å². The van der Waals surface area contributed by atoms with Gasteiger partial charge in [0.15, 0.2) is 5.82 Å². The van der Waals surface area contributed by atoms with E-state index in [0.29, 0.717) is 33.6 Å². The van der Waals surface area contributed by atoms with Gasteiger partial charge in [-0.3, -0.25) is 4.79 Å². The first-order chi connectivity index (χ1) is 12.2. The molecule has 0 atom stereocenters. The van der Waals surface area contributed by atoms with Gasteiger partial charge in [0.1, 0.15) is 5.82 Å². The van der Waals surface area contributed by atoms with Gasteiger partial charge in [-0.15, -0.1) is 10.2 Å². The number of nitrogen functional groups attached to an aromatic ring is 1. The predicted octanol–water partition coefficient (Wildman–Crippen LogP) is 2.57. The highest BCUT2D eigenvalue weighted by atomic mass is 32.2. The molecule has 3 aromatic rings. The molecule has 4 rings (SSSR count). The largest absolute Gasteiger partial charge is 0.336 e. The highest BCUT2D eigenvalue weighted by Gasteiger charge is 2.22. The minimum atomic E-state index is -0.127. The van der Waals surface area contributed by atoms with Crippen molar-refractivity contribution in [3.05, 3.63) is 46.3 Å². The van der Waals surface area contributed by atoms with Gasteiger partial charge in [-0.25, -0.2) is 9.66 Å². The molecule has 7 nitrogen and oxygen atoms in total. The third kappa shape index (κ3) is 3.26. The number of aromatic nitrogens is 5. The zero-order chi connectivity index (χ0) is 17.2. The number of hydrogen-bond donors (Lipinski definition) is 2. The van der Waals surface area contributed by atoms with Gasteiger partial charge in [-0.2, -0.15) is 0 Å². The zero-order valence-electron chi connectivity index (χ0n) is 13.8. The summed E-state index contributed by atoms with van der Waals surface area (Å²) in [4.78, 5) is 19.5. The van der Waals surface area contributed by atoms with Crippen LogP contribution >= 0.6 is 11.8 Å². The summed E-state index contributed by atoms with van der Waals surface area (Å²) < 4.78 is 1.60. The van der Waals surface area contributed by atoms with Crippen LogP contribution in [0.25, 0.3) is 10.9 Å². The maximum atomic E-state index is 12.1. The summed E-state index contributed by atoms with van der Waals surface area (Å²) in [6, 6.07) is 7.31. The molecular formula is C17H20N6OS. The Bertz CT molecular complexity index is 944. The number of nitrogens with zero attached hydrogens (tertiary/aromatic N) is 4. The monoisotopic (exact) mass is 356 g/mol. The van der Waals surface area contributed by atoms with Crippen LogP contribution in [0.4, 0.5) is 0 Å². The van der Waals surface area contributed by atoms with Crippen LogP contribution in [0.15, 0.2) is 34.2 Å². The third-order valence-corrected chi connectivity index (χ3v) is 5.62. The van der Waals surface area contributed by atoms with Crippen molar-refractivity contribution in [3.63, 3.8) is 0 Å². The Hall–Kier alpha value is -2.35. The second kappa shape index (κ2) is 6.87. The highest BCUT2D eigenvalue weighted by Crippen LogP contribution is 2.32.